The van der Waals surface area contributed by atoms with Crippen LogP contribution in [0, 0.1) is 0 Å². The number of imidazole rings is 1. The number of fused-ring (bicyclic) bond motifs is 2. The molecule has 0 saturated carbocycles. The lowest BCUT2D eigenvalue weighted by atomic mass is 10.1. The molecule has 4 aromatic rings. The Balaban J connectivity index is 1.40. The minimum absolute atomic E-state index is 0.105. The number of ether oxygens (including phenoxy) is 1. The van der Waals surface area contributed by atoms with E-state index >= 15 is 0 Å². The fraction of sp³-hybridized carbons (Fsp3) is 0.192. The Labute approximate surface area is 190 Å². The average molecular weight is 441 g/mol. The van der Waals surface area contributed by atoms with Gasteiger partial charge in [0.1, 0.15) is 5.75 Å². The first kappa shape index (κ1) is 20.9. The zero-order valence-corrected chi connectivity index (χ0v) is 18.1. The smallest absolute Gasteiger partial charge is 0.261 e. The highest BCUT2D eigenvalue weighted by atomic mass is 16.5. The summed E-state index contributed by atoms with van der Waals surface area (Å²) in [5.74, 6) is 0.605. The monoisotopic (exact) mass is 441 g/mol. The number of β-amino-alcohol motifs (C(OH)–C–C–N with tert-alkyl or cyclic N) is 1. The van der Waals surface area contributed by atoms with E-state index in [0.717, 1.165) is 21.7 Å². The van der Waals surface area contributed by atoms with Crippen LogP contribution >= 0.6 is 0 Å². The standard InChI is InChI=1S/C26H23N3O4/c1-17(33-19-9-3-2-4-10-19)24-27-22-13-7-8-14-23(22)28(24)15-18(30)16-29-25(31)20-11-5-6-12-21(20)26(29)32/h2-14,17-18,30H,15-16H2,1H3/t17-,18+/m1/s1. The summed E-state index contributed by atoms with van der Waals surface area (Å²) >= 11 is 0. The predicted octanol–water partition coefficient (Wildman–Crippen LogP) is 3.83. The fourth-order valence-corrected chi connectivity index (χ4v) is 4.24. The van der Waals surface area contributed by atoms with Gasteiger partial charge < -0.3 is 14.4 Å². The van der Waals surface area contributed by atoms with Crippen LogP contribution in [0.2, 0.25) is 0 Å². The van der Waals surface area contributed by atoms with Crippen LogP contribution in [0.15, 0.2) is 78.9 Å². The number of para-hydroxylation sites is 3. The van der Waals surface area contributed by atoms with E-state index in [1.54, 1.807) is 24.3 Å². The summed E-state index contributed by atoms with van der Waals surface area (Å²) in [4.78, 5) is 31.2. The zero-order chi connectivity index (χ0) is 22.9. The summed E-state index contributed by atoms with van der Waals surface area (Å²) in [7, 11) is 0. The number of carbonyl (C=O) groups is 2. The summed E-state index contributed by atoms with van der Waals surface area (Å²) in [6.45, 7) is 1.96. The molecule has 5 rings (SSSR count). The number of aliphatic hydroxyl groups excluding tert-OH is 1. The molecular formula is C26H23N3O4. The van der Waals surface area contributed by atoms with Crippen molar-refractivity contribution < 1.29 is 19.4 Å². The van der Waals surface area contributed by atoms with Crippen LogP contribution < -0.4 is 4.74 Å². The lowest BCUT2D eigenvalue weighted by Crippen LogP contribution is -2.38. The van der Waals surface area contributed by atoms with Crippen molar-refractivity contribution in [2.45, 2.75) is 25.7 Å². The maximum atomic E-state index is 12.7. The van der Waals surface area contributed by atoms with Crippen molar-refractivity contribution in [2.75, 3.05) is 6.54 Å². The van der Waals surface area contributed by atoms with Crippen LogP contribution in [0.3, 0.4) is 0 Å². The van der Waals surface area contributed by atoms with Gasteiger partial charge in [-0.2, -0.15) is 0 Å². The van der Waals surface area contributed by atoms with Crippen LogP contribution in [0.1, 0.15) is 39.6 Å². The van der Waals surface area contributed by atoms with Crippen LogP contribution in [-0.2, 0) is 6.54 Å². The number of imide groups is 1. The predicted molar refractivity (Wildman–Crippen MR) is 123 cm³/mol. The van der Waals surface area contributed by atoms with E-state index in [0.29, 0.717) is 17.0 Å². The lowest BCUT2D eigenvalue weighted by molar-refractivity contribution is 0.0518. The van der Waals surface area contributed by atoms with Gasteiger partial charge in [-0.3, -0.25) is 14.5 Å². The third-order valence-electron chi connectivity index (χ3n) is 5.77. The first-order chi connectivity index (χ1) is 16.0. The Kier molecular flexibility index (Phi) is 5.40. The molecule has 0 aliphatic carbocycles. The van der Waals surface area contributed by atoms with Gasteiger partial charge in [-0.05, 0) is 43.3 Å². The van der Waals surface area contributed by atoms with Gasteiger partial charge in [-0.15, -0.1) is 0 Å². The molecule has 1 aliphatic rings. The van der Waals surface area contributed by atoms with E-state index < -0.39 is 6.10 Å². The Morgan fingerprint density at radius 2 is 1.45 bits per heavy atom. The normalized spacial score (nSPS) is 15.0. The second kappa shape index (κ2) is 8.52. The Morgan fingerprint density at radius 3 is 2.15 bits per heavy atom. The third-order valence-corrected chi connectivity index (χ3v) is 5.77. The SMILES string of the molecule is C[C@@H](Oc1ccccc1)c1nc2ccccc2n1C[C@H](O)CN1C(=O)c2ccccc2C1=O. The molecule has 166 valence electrons. The molecule has 0 saturated heterocycles. The van der Waals surface area contributed by atoms with Crippen molar-refractivity contribution in [1.29, 1.82) is 0 Å². The summed E-state index contributed by atoms with van der Waals surface area (Å²) in [6, 6.07) is 23.8. The minimum atomic E-state index is -0.979. The number of carbonyl (C=O) groups excluding carboxylic acids is 2. The summed E-state index contributed by atoms with van der Waals surface area (Å²) in [5.41, 5.74) is 2.36. The van der Waals surface area contributed by atoms with E-state index in [1.165, 1.54) is 0 Å². The number of hydrogen-bond acceptors (Lipinski definition) is 5. The molecule has 0 bridgehead atoms. The average Bonchev–Trinajstić information content (AvgIpc) is 3.31. The molecule has 3 aromatic carbocycles. The number of aliphatic hydroxyl groups is 1. The third kappa shape index (κ3) is 3.87. The van der Waals surface area contributed by atoms with Crippen molar-refractivity contribution in [3.05, 3.63) is 95.8 Å². The summed E-state index contributed by atoms with van der Waals surface area (Å²) in [6.07, 6.45) is -1.36. The molecule has 2 heterocycles. The number of nitrogens with zero attached hydrogens (tertiary/aromatic N) is 3. The molecule has 33 heavy (non-hydrogen) atoms. The van der Waals surface area contributed by atoms with Crippen LogP contribution in [0.5, 0.6) is 5.75 Å². The van der Waals surface area contributed by atoms with Crippen molar-refractivity contribution >= 4 is 22.8 Å². The van der Waals surface area contributed by atoms with E-state index in [9.17, 15) is 14.7 Å². The first-order valence-corrected chi connectivity index (χ1v) is 10.8. The second-order valence-corrected chi connectivity index (χ2v) is 8.06. The molecule has 2 atom stereocenters. The van der Waals surface area contributed by atoms with Crippen molar-refractivity contribution in [1.82, 2.24) is 14.5 Å². The van der Waals surface area contributed by atoms with Crippen molar-refractivity contribution in [3.63, 3.8) is 0 Å². The van der Waals surface area contributed by atoms with Crippen LogP contribution in [-0.4, -0.2) is 44.0 Å². The highest BCUT2D eigenvalue weighted by Gasteiger charge is 2.36. The molecule has 0 radical (unpaired) electrons. The Morgan fingerprint density at radius 1 is 0.848 bits per heavy atom. The van der Waals surface area contributed by atoms with E-state index in [1.807, 2.05) is 66.1 Å². The Hall–Kier alpha value is -3.97. The van der Waals surface area contributed by atoms with Gasteiger partial charge in [0.25, 0.3) is 11.8 Å². The molecule has 0 spiro atoms. The lowest BCUT2D eigenvalue weighted by Gasteiger charge is -2.22. The van der Waals surface area contributed by atoms with E-state index in [2.05, 4.69) is 0 Å². The highest BCUT2D eigenvalue weighted by Crippen LogP contribution is 2.27. The largest absolute Gasteiger partial charge is 0.483 e. The zero-order valence-electron chi connectivity index (χ0n) is 18.1. The maximum absolute atomic E-state index is 12.7. The van der Waals surface area contributed by atoms with Gasteiger partial charge in [0, 0.05) is 0 Å². The number of amides is 2. The van der Waals surface area contributed by atoms with Crippen molar-refractivity contribution in [3.8, 4) is 5.75 Å². The molecule has 1 aromatic heterocycles. The number of aromatic nitrogens is 2. The van der Waals surface area contributed by atoms with Crippen LogP contribution in [0.25, 0.3) is 11.0 Å². The van der Waals surface area contributed by atoms with Gasteiger partial charge >= 0.3 is 0 Å². The van der Waals surface area contributed by atoms with E-state index in [-0.39, 0.29) is 31.0 Å². The first-order valence-electron chi connectivity index (χ1n) is 10.8. The molecule has 1 N–H and O–H groups in total. The number of rotatable bonds is 7. The minimum Gasteiger partial charge on any atom is -0.483 e. The Bertz CT molecular complexity index is 1300. The van der Waals surface area contributed by atoms with Crippen molar-refractivity contribution in [2.24, 2.45) is 0 Å². The summed E-state index contributed by atoms with van der Waals surface area (Å²) < 4.78 is 7.97. The quantitative estimate of drug-likeness (QED) is 0.441. The molecule has 7 nitrogen and oxygen atoms in total. The molecule has 2 amide bonds. The molecule has 7 heteroatoms. The van der Waals surface area contributed by atoms with E-state index in [4.69, 9.17) is 9.72 Å². The fourth-order valence-electron chi connectivity index (χ4n) is 4.24. The van der Waals surface area contributed by atoms with Crippen LogP contribution in [0.4, 0.5) is 0 Å². The van der Waals surface area contributed by atoms with Gasteiger partial charge in [0.15, 0.2) is 11.9 Å². The second-order valence-electron chi connectivity index (χ2n) is 8.06. The maximum Gasteiger partial charge on any atom is 0.261 e. The molecule has 0 fully saturated rings. The molecule has 1 aliphatic heterocycles. The topological polar surface area (TPSA) is 84.7 Å². The van der Waals surface area contributed by atoms with Gasteiger partial charge in [-0.25, -0.2) is 4.98 Å². The molecular weight excluding hydrogens is 418 g/mol. The van der Waals surface area contributed by atoms with Gasteiger partial charge in [-0.1, -0.05) is 42.5 Å². The van der Waals surface area contributed by atoms with Gasteiger partial charge in [0.2, 0.25) is 0 Å². The highest BCUT2D eigenvalue weighted by molar-refractivity contribution is 6.21. The number of benzene rings is 3. The number of hydrogen-bond donors (Lipinski definition) is 1. The summed E-state index contributed by atoms with van der Waals surface area (Å²) in [5, 5.41) is 10.9. The molecule has 0 unspecified atom stereocenters. The van der Waals surface area contributed by atoms with Gasteiger partial charge in [0.05, 0.1) is 41.4 Å².